The zero-order valence-corrected chi connectivity index (χ0v) is 18.1. The van der Waals surface area contributed by atoms with Gasteiger partial charge in [0.25, 0.3) is 0 Å². The second-order valence-corrected chi connectivity index (χ2v) is 8.09. The van der Waals surface area contributed by atoms with E-state index in [2.05, 4.69) is 31.9 Å². The smallest absolute Gasteiger partial charge is 0.197 e. The van der Waals surface area contributed by atoms with Gasteiger partial charge in [-0.05, 0) is 74.9 Å². The summed E-state index contributed by atoms with van der Waals surface area (Å²) >= 11 is 6.56. The van der Waals surface area contributed by atoms with Crippen molar-refractivity contribution < 1.29 is 19.4 Å². The van der Waals surface area contributed by atoms with E-state index in [1.54, 1.807) is 12.1 Å². The Morgan fingerprint density at radius 3 is 2.44 bits per heavy atom. The first-order chi connectivity index (χ1) is 13.0. The number of aliphatic hydroxyl groups excluding tert-OH is 1. The fourth-order valence-corrected chi connectivity index (χ4v) is 4.31. The van der Waals surface area contributed by atoms with Crippen molar-refractivity contribution >= 4 is 48.6 Å². The van der Waals surface area contributed by atoms with Gasteiger partial charge in [0.05, 0.1) is 14.5 Å². The van der Waals surface area contributed by atoms with E-state index < -0.39 is 0 Å². The number of unbranched alkanes of at least 4 members (excludes halogenated alkanes) is 1. The summed E-state index contributed by atoms with van der Waals surface area (Å²) < 4.78 is 6.89. The average molecular weight is 496 g/mol. The Balaban J connectivity index is 2.03. The van der Waals surface area contributed by atoms with E-state index in [0.29, 0.717) is 37.8 Å². The van der Waals surface area contributed by atoms with Gasteiger partial charge in [-0.15, -0.1) is 0 Å². The van der Waals surface area contributed by atoms with E-state index in [9.17, 15) is 9.90 Å². The van der Waals surface area contributed by atoms with Crippen LogP contribution in [0.5, 0.6) is 5.75 Å². The minimum absolute atomic E-state index is 0.0619. The van der Waals surface area contributed by atoms with Gasteiger partial charge in [0.2, 0.25) is 0 Å². The Morgan fingerprint density at radius 1 is 1.11 bits per heavy atom. The number of carbonyl (C=O) groups excluding carboxylic acids is 1. The van der Waals surface area contributed by atoms with E-state index in [1.165, 1.54) is 0 Å². The van der Waals surface area contributed by atoms with E-state index in [1.807, 2.05) is 25.1 Å². The molecule has 0 aliphatic rings. The lowest BCUT2D eigenvalue weighted by atomic mass is 9.98. The number of phenolic OH excluding ortho intramolecular Hbond substituents is 1. The topological polar surface area (TPSA) is 70.7 Å². The van der Waals surface area contributed by atoms with Crippen LogP contribution in [-0.4, -0.2) is 22.6 Å². The van der Waals surface area contributed by atoms with Crippen molar-refractivity contribution in [1.29, 1.82) is 0 Å². The minimum atomic E-state index is -0.139. The van der Waals surface area contributed by atoms with E-state index >= 15 is 0 Å². The first-order valence-electron chi connectivity index (χ1n) is 8.84. The number of halogens is 2. The van der Waals surface area contributed by atoms with Crippen LogP contribution >= 0.6 is 31.9 Å². The van der Waals surface area contributed by atoms with Gasteiger partial charge in [-0.25, -0.2) is 0 Å². The molecule has 4 nitrogen and oxygen atoms in total. The standard InChI is InChI=1S/C21H20Br2O4/c1-2-17-19(20(25)13-10-15(22)21(26)16(23)11-13)14-7-6-12(5-3-4-8-24)9-18(14)27-17/h6-7,9-11,24,26H,2-5,8H2,1H3. The number of furan rings is 1. The van der Waals surface area contributed by atoms with Crippen LogP contribution in [0.15, 0.2) is 43.7 Å². The summed E-state index contributed by atoms with van der Waals surface area (Å²) in [6.45, 7) is 2.15. The second kappa shape index (κ2) is 8.59. The largest absolute Gasteiger partial charge is 0.506 e. The van der Waals surface area contributed by atoms with Gasteiger partial charge < -0.3 is 14.6 Å². The van der Waals surface area contributed by atoms with Crippen LogP contribution in [0.3, 0.4) is 0 Å². The third-order valence-corrected chi connectivity index (χ3v) is 5.74. The van der Waals surface area contributed by atoms with Crippen LogP contribution in [0.4, 0.5) is 0 Å². The van der Waals surface area contributed by atoms with Gasteiger partial charge in [0.1, 0.15) is 17.1 Å². The number of hydrogen-bond donors (Lipinski definition) is 2. The summed E-state index contributed by atoms with van der Waals surface area (Å²) in [4.78, 5) is 13.2. The summed E-state index contributed by atoms with van der Waals surface area (Å²) in [6.07, 6.45) is 3.14. The zero-order valence-electron chi connectivity index (χ0n) is 14.9. The van der Waals surface area contributed by atoms with Gasteiger partial charge in [0.15, 0.2) is 5.78 Å². The highest BCUT2D eigenvalue weighted by molar-refractivity contribution is 9.11. The molecular formula is C21H20Br2O4. The van der Waals surface area contributed by atoms with Crippen LogP contribution < -0.4 is 0 Å². The van der Waals surface area contributed by atoms with Gasteiger partial charge in [-0.3, -0.25) is 4.79 Å². The molecule has 0 unspecified atom stereocenters. The van der Waals surface area contributed by atoms with Gasteiger partial charge in [0, 0.05) is 24.0 Å². The van der Waals surface area contributed by atoms with Crippen molar-refractivity contribution in [1.82, 2.24) is 0 Å². The zero-order chi connectivity index (χ0) is 19.6. The molecular weight excluding hydrogens is 476 g/mol. The highest BCUT2D eigenvalue weighted by atomic mass is 79.9. The molecule has 27 heavy (non-hydrogen) atoms. The average Bonchev–Trinajstić information content (AvgIpc) is 3.03. The number of carbonyl (C=O) groups is 1. The molecule has 2 N–H and O–H groups in total. The van der Waals surface area contributed by atoms with Crippen molar-refractivity contribution in [2.75, 3.05) is 6.61 Å². The maximum absolute atomic E-state index is 13.2. The number of ketones is 1. The minimum Gasteiger partial charge on any atom is -0.506 e. The Hall–Kier alpha value is -1.63. The highest BCUT2D eigenvalue weighted by Crippen LogP contribution is 2.36. The van der Waals surface area contributed by atoms with Gasteiger partial charge in [-0.2, -0.15) is 0 Å². The number of aliphatic hydroxyl groups is 1. The molecule has 0 aliphatic carbocycles. The van der Waals surface area contributed by atoms with Crippen LogP contribution in [0.1, 0.15) is 47.0 Å². The van der Waals surface area contributed by atoms with E-state index in [-0.39, 0.29) is 18.1 Å². The highest BCUT2D eigenvalue weighted by Gasteiger charge is 2.22. The van der Waals surface area contributed by atoms with Gasteiger partial charge >= 0.3 is 0 Å². The number of benzene rings is 2. The predicted octanol–water partition coefficient (Wildman–Crippen LogP) is 5.77. The lowest BCUT2D eigenvalue weighted by Crippen LogP contribution is -2.04. The third-order valence-electron chi connectivity index (χ3n) is 4.53. The Kier molecular flexibility index (Phi) is 6.40. The molecule has 0 radical (unpaired) electrons. The van der Waals surface area contributed by atoms with E-state index in [4.69, 9.17) is 9.52 Å². The molecule has 0 aliphatic heterocycles. The van der Waals surface area contributed by atoms with Crippen LogP contribution in [0.25, 0.3) is 11.0 Å². The van der Waals surface area contributed by atoms with Crippen LogP contribution in [0.2, 0.25) is 0 Å². The Labute approximate surface area is 174 Å². The number of aromatic hydroxyl groups is 1. The molecule has 6 heteroatoms. The number of fused-ring (bicyclic) bond motifs is 1. The number of hydrogen-bond acceptors (Lipinski definition) is 4. The molecule has 3 aromatic rings. The predicted molar refractivity (Wildman–Crippen MR) is 113 cm³/mol. The fraction of sp³-hybridized carbons (Fsp3) is 0.286. The molecule has 1 heterocycles. The number of rotatable bonds is 7. The third kappa shape index (κ3) is 4.13. The summed E-state index contributed by atoms with van der Waals surface area (Å²) in [7, 11) is 0. The lowest BCUT2D eigenvalue weighted by Gasteiger charge is -2.06. The first-order valence-corrected chi connectivity index (χ1v) is 10.4. The Morgan fingerprint density at radius 2 is 1.81 bits per heavy atom. The molecule has 0 fully saturated rings. The molecule has 0 atom stereocenters. The van der Waals surface area contributed by atoms with Crippen molar-refractivity contribution in [2.24, 2.45) is 0 Å². The normalized spacial score (nSPS) is 11.3. The molecule has 0 bridgehead atoms. The molecule has 2 aromatic carbocycles. The molecule has 0 saturated heterocycles. The van der Waals surface area contributed by atoms with E-state index in [0.717, 1.165) is 30.2 Å². The summed E-state index contributed by atoms with van der Waals surface area (Å²) in [5, 5.41) is 19.6. The maximum Gasteiger partial charge on any atom is 0.197 e. The molecule has 0 spiro atoms. The molecule has 0 saturated carbocycles. The Bertz CT molecular complexity index is 968. The number of phenols is 1. The van der Waals surface area contributed by atoms with Crippen molar-refractivity contribution in [2.45, 2.75) is 32.6 Å². The molecule has 142 valence electrons. The van der Waals surface area contributed by atoms with Crippen LogP contribution in [0, 0.1) is 0 Å². The summed E-state index contributed by atoms with van der Waals surface area (Å²) in [5.41, 5.74) is 2.87. The fourth-order valence-electron chi connectivity index (χ4n) is 3.13. The SMILES string of the molecule is CCc1oc2cc(CCCCO)ccc2c1C(=O)c1cc(Br)c(O)c(Br)c1. The molecule has 0 amide bonds. The quantitative estimate of drug-likeness (QED) is 0.322. The summed E-state index contributed by atoms with van der Waals surface area (Å²) in [5.74, 6) is 0.578. The maximum atomic E-state index is 13.2. The van der Waals surface area contributed by atoms with Crippen molar-refractivity contribution in [3.63, 3.8) is 0 Å². The molecule has 1 aromatic heterocycles. The molecule has 3 rings (SSSR count). The van der Waals surface area contributed by atoms with Crippen molar-refractivity contribution in [3.8, 4) is 5.75 Å². The lowest BCUT2D eigenvalue weighted by molar-refractivity contribution is 0.103. The monoisotopic (exact) mass is 494 g/mol. The van der Waals surface area contributed by atoms with Crippen LogP contribution in [-0.2, 0) is 12.8 Å². The first kappa shape index (κ1) is 20.1. The summed E-state index contributed by atoms with van der Waals surface area (Å²) in [6, 6.07) is 9.15. The number of aryl methyl sites for hydroxylation is 2. The van der Waals surface area contributed by atoms with Gasteiger partial charge in [-0.1, -0.05) is 19.1 Å². The van der Waals surface area contributed by atoms with Crippen molar-refractivity contribution in [3.05, 3.63) is 61.7 Å². The second-order valence-electron chi connectivity index (χ2n) is 6.38.